The number of nitrogens with one attached hydrogen (secondary N) is 1. The summed E-state index contributed by atoms with van der Waals surface area (Å²) in [7, 11) is 0. The van der Waals surface area contributed by atoms with Gasteiger partial charge in [0.25, 0.3) is 5.91 Å². The molecule has 2 unspecified atom stereocenters. The Kier molecular flexibility index (Phi) is 10.1. The number of carbonyl (C=O) groups excluding carboxylic acids is 1. The van der Waals surface area contributed by atoms with Crippen LogP contribution in [0, 0.1) is 28.5 Å². The lowest BCUT2D eigenvalue weighted by Gasteiger charge is -2.41. The number of H-pyrrole nitrogens is 1. The SMILES string of the molecule is N#CCC(CN1CCN(C(=O)c2ccc(C#N)cc2F)CC1CO)n1cc(-c2ncnc3[nH]ccc23)cn1.O=C(O)C(F)(F)F. The van der Waals surface area contributed by atoms with Gasteiger partial charge in [0, 0.05) is 49.5 Å². The third kappa shape index (κ3) is 7.58. The van der Waals surface area contributed by atoms with E-state index in [2.05, 4.69) is 26.1 Å². The normalized spacial score (nSPS) is 15.9. The van der Waals surface area contributed by atoms with E-state index in [0.29, 0.717) is 19.6 Å². The second kappa shape index (κ2) is 13.9. The number of benzene rings is 1. The molecule has 3 aromatic heterocycles. The molecule has 4 aromatic rings. The summed E-state index contributed by atoms with van der Waals surface area (Å²) in [6.45, 7) is 1.17. The Morgan fingerprint density at radius 1 is 1.18 bits per heavy atom. The molecular formula is C28H25F4N9O4. The van der Waals surface area contributed by atoms with Gasteiger partial charge in [-0.15, -0.1) is 0 Å². The number of aromatic nitrogens is 5. The number of carbonyl (C=O) groups is 2. The fourth-order valence-corrected chi connectivity index (χ4v) is 4.80. The lowest BCUT2D eigenvalue weighted by molar-refractivity contribution is -0.192. The number of fused-ring (bicyclic) bond motifs is 1. The molecule has 4 heterocycles. The topological polar surface area (TPSA) is 188 Å². The molecule has 1 aliphatic rings. The molecule has 0 bridgehead atoms. The Hall–Kier alpha value is -5.39. The summed E-state index contributed by atoms with van der Waals surface area (Å²) in [6.07, 6.45) is 1.93. The highest BCUT2D eigenvalue weighted by Gasteiger charge is 2.38. The largest absolute Gasteiger partial charge is 0.490 e. The van der Waals surface area contributed by atoms with Crippen molar-refractivity contribution in [3.8, 4) is 23.4 Å². The van der Waals surface area contributed by atoms with Crippen LogP contribution in [0.2, 0.25) is 0 Å². The van der Waals surface area contributed by atoms with E-state index in [1.165, 1.54) is 23.4 Å². The maximum atomic E-state index is 14.4. The number of hydrogen-bond acceptors (Lipinski definition) is 9. The zero-order valence-corrected chi connectivity index (χ0v) is 23.3. The number of rotatable bonds is 7. The van der Waals surface area contributed by atoms with Crippen molar-refractivity contribution in [3.05, 3.63) is 66.1 Å². The van der Waals surface area contributed by atoms with E-state index in [-0.39, 0.29) is 36.7 Å². The molecule has 1 amide bonds. The summed E-state index contributed by atoms with van der Waals surface area (Å²) in [4.78, 5) is 37.1. The number of aromatic amines is 1. The molecule has 45 heavy (non-hydrogen) atoms. The zero-order valence-electron chi connectivity index (χ0n) is 23.3. The van der Waals surface area contributed by atoms with Gasteiger partial charge in [-0.2, -0.15) is 28.8 Å². The number of hydrogen-bond donors (Lipinski definition) is 3. The van der Waals surface area contributed by atoms with E-state index >= 15 is 0 Å². The Bertz CT molecular complexity index is 1760. The maximum absolute atomic E-state index is 14.4. The molecule has 2 atom stereocenters. The van der Waals surface area contributed by atoms with Crippen LogP contribution < -0.4 is 0 Å². The number of nitriles is 2. The van der Waals surface area contributed by atoms with Crippen molar-refractivity contribution in [2.45, 2.75) is 24.7 Å². The van der Waals surface area contributed by atoms with Crippen LogP contribution in [0.15, 0.2) is 49.2 Å². The summed E-state index contributed by atoms with van der Waals surface area (Å²) in [5.74, 6) is -4.00. The molecule has 1 fully saturated rings. The molecule has 1 saturated heterocycles. The number of halogens is 4. The van der Waals surface area contributed by atoms with Crippen molar-refractivity contribution in [3.63, 3.8) is 0 Å². The average molecular weight is 628 g/mol. The first-order valence-corrected chi connectivity index (χ1v) is 13.3. The number of aliphatic hydroxyl groups is 1. The van der Waals surface area contributed by atoms with Gasteiger partial charge in [-0.25, -0.2) is 19.2 Å². The molecule has 13 nitrogen and oxygen atoms in total. The first-order valence-electron chi connectivity index (χ1n) is 13.3. The lowest BCUT2D eigenvalue weighted by atomic mass is 10.1. The van der Waals surface area contributed by atoms with E-state index in [1.54, 1.807) is 17.1 Å². The van der Waals surface area contributed by atoms with Crippen LogP contribution in [0.4, 0.5) is 17.6 Å². The molecular weight excluding hydrogens is 602 g/mol. The molecule has 1 aliphatic heterocycles. The predicted octanol–water partition coefficient (Wildman–Crippen LogP) is 2.74. The van der Waals surface area contributed by atoms with Crippen LogP contribution in [0.25, 0.3) is 22.3 Å². The second-order valence-corrected chi connectivity index (χ2v) is 9.88. The molecule has 1 aromatic carbocycles. The van der Waals surface area contributed by atoms with Crippen molar-refractivity contribution >= 4 is 22.9 Å². The predicted molar refractivity (Wildman–Crippen MR) is 148 cm³/mol. The minimum absolute atomic E-state index is 0.109. The third-order valence-electron chi connectivity index (χ3n) is 7.05. The molecule has 0 spiro atoms. The third-order valence-corrected chi connectivity index (χ3v) is 7.05. The highest BCUT2D eigenvalue weighted by molar-refractivity contribution is 5.94. The number of nitrogens with zero attached hydrogens (tertiary/aromatic N) is 8. The Morgan fingerprint density at radius 3 is 2.58 bits per heavy atom. The van der Waals surface area contributed by atoms with Gasteiger partial charge >= 0.3 is 12.1 Å². The first kappa shape index (κ1) is 32.5. The van der Waals surface area contributed by atoms with E-state index in [9.17, 15) is 32.7 Å². The molecule has 0 aliphatic carbocycles. The summed E-state index contributed by atoms with van der Waals surface area (Å²) in [5.41, 5.74) is 2.27. The van der Waals surface area contributed by atoms with Crippen LogP contribution in [0.3, 0.4) is 0 Å². The average Bonchev–Trinajstić information content (AvgIpc) is 3.71. The van der Waals surface area contributed by atoms with Crippen LogP contribution in [0.5, 0.6) is 0 Å². The summed E-state index contributed by atoms with van der Waals surface area (Å²) < 4.78 is 47.9. The fourth-order valence-electron chi connectivity index (χ4n) is 4.80. The van der Waals surface area contributed by atoms with Crippen LogP contribution in [-0.2, 0) is 4.79 Å². The molecule has 234 valence electrons. The number of aliphatic carboxylic acids is 1. The fraction of sp³-hybridized carbons (Fsp3) is 0.321. The molecule has 17 heteroatoms. The summed E-state index contributed by atoms with van der Waals surface area (Å²) >= 11 is 0. The van der Waals surface area contributed by atoms with Gasteiger partial charge in [0.2, 0.25) is 0 Å². The van der Waals surface area contributed by atoms with Crippen molar-refractivity contribution in [1.82, 2.24) is 34.5 Å². The lowest BCUT2D eigenvalue weighted by Crippen LogP contribution is -2.57. The summed E-state index contributed by atoms with van der Waals surface area (Å²) in [6, 6.07) is 9.03. The van der Waals surface area contributed by atoms with E-state index in [0.717, 1.165) is 28.4 Å². The highest BCUT2D eigenvalue weighted by Crippen LogP contribution is 2.26. The van der Waals surface area contributed by atoms with Crippen molar-refractivity contribution in [2.24, 2.45) is 0 Å². The van der Waals surface area contributed by atoms with Gasteiger partial charge in [0.05, 0.1) is 60.3 Å². The molecule has 5 rings (SSSR count). The van der Waals surface area contributed by atoms with Gasteiger partial charge in [-0.3, -0.25) is 14.4 Å². The van der Waals surface area contributed by atoms with Gasteiger partial charge in [0.15, 0.2) is 0 Å². The quantitative estimate of drug-likeness (QED) is 0.257. The number of alkyl halides is 3. The van der Waals surface area contributed by atoms with Crippen LogP contribution in [-0.4, -0.2) is 102 Å². The minimum atomic E-state index is -5.08. The van der Waals surface area contributed by atoms with Crippen LogP contribution in [0.1, 0.15) is 28.4 Å². The monoisotopic (exact) mass is 627 g/mol. The second-order valence-electron chi connectivity index (χ2n) is 9.88. The van der Waals surface area contributed by atoms with Gasteiger partial charge in [-0.1, -0.05) is 0 Å². The highest BCUT2D eigenvalue weighted by atomic mass is 19.4. The van der Waals surface area contributed by atoms with E-state index in [4.69, 9.17) is 15.2 Å². The first-order chi connectivity index (χ1) is 21.5. The number of carboxylic acid groups (broad SMARTS) is 1. The Balaban J connectivity index is 0.000000591. The van der Waals surface area contributed by atoms with Gasteiger partial charge in [0.1, 0.15) is 17.8 Å². The van der Waals surface area contributed by atoms with Crippen LogP contribution >= 0.6 is 0 Å². The Morgan fingerprint density at radius 2 is 1.93 bits per heavy atom. The number of amides is 1. The summed E-state index contributed by atoms with van der Waals surface area (Å²) in [5, 5.41) is 41.0. The van der Waals surface area contributed by atoms with E-state index < -0.39 is 29.9 Å². The smallest absolute Gasteiger partial charge is 0.475 e. The standard InChI is InChI=1S/C26H24FN9O2.C2HF3O2/c27-23-9-17(10-29)1-2-21(23)26(38)35-8-7-34(20(14-35)15-37)13-19(3-5-28)36-12-18(11-33-36)24-22-4-6-30-25(22)32-16-31-24;3-2(4,5)1(6)7/h1-2,4,6,9,11-12,16,19-20,37H,3,7-8,13-15H2,(H,30,31,32);(H,6,7). The van der Waals surface area contributed by atoms with E-state index in [1.807, 2.05) is 23.2 Å². The zero-order chi connectivity index (χ0) is 32.7. The van der Waals surface area contributed by atoms with Gasteiger partial charge in [-0.05, 0) is 24.3 Å². The number of piperazine rings is 1. The number of aliphatic hydroxyl groups excluding tert-OH is 1. The molecule has 3 N–H and O–H groups in total. The van der Waals surface area contributed by atoms with Gasteiger partial charge < -0.3 is 20.1 Å². The number of carboxylic acids is 1. The Labute approximate surface area is 252 Å². The molecule has 0 saturated carbocycles. The minimum Gasteiger partial charge on any atom is -0.475 e. The van der Waals surface area contributed by atoms with Crippen molar-refractivity contribution < 1.29 is 37.4 Å². The molecule has 0 radical (unpaired) electrons. The maximum Gasteiger partial charge on any atom is 0.490 e. The van der Waals surface area contributed by atoms with Crippen molar-refractivity contribution in [1.29, 1.82) is 10.5 Å². The van der Waals surface area contributed by atoms with Crippen molar-refractivity contribution in [2.75, 3.05) is 32.8 Å².